The van der Waals surface area contributed by atoms with Crippen molar-refractivity contribution in [2.45, 2.75) is 59.8 Å². The number of carbonyl (C=O) groups is 2. The molecule has 1 heterocycles. The molecule has 0 bridgehead atoms. The highest BCUT2D eigenvalue weighted by molar-refractivity contribution is 7.17. The molecule has 3 rings (SSSR count). The van der Waals surface area contributed by atoms with E-state index in [0.717, 1.165) is 33.6 Å². The fourth-order valence-electron chi connectivity index (χ4n) is 4.33. The number of rotatable bonds is 6. The molecule has 6 heteroatoms. The van der Waals surface area contributed by atoms with Gasteiger partial charge in [-0.3, -0.25) is 9.59 Å². The summed E-state index contributed by atoms with van der Waals surface area (Å²) in [6, 6.07) is 10.5. The second kappa shape index (κ2) is 9.70. The van der Waals surface area contributed by atoms with Gasteiger partial charge >= 0.3 is 5.97 Å². The number of hydrogen-bond acceptors (Lipinski definition) is 4. The maximum absolute atomic E-state index is 13.1. The third-order valence-corrected chi connectivity index (χ3v) is 7.75. The number of amides is 1. The topological polar surface area (TPSA) is 90.2 Å². The molecule has 0 unspecified atom stereocenters. The standard InChI is InChI=1S/C26H30N2O3S/c1-6-14(2)18-7-9-19(10-8-18)23-17(5)32-25(22(23)13-27)28-24(29)20-11-15(3)16(4)12-21(20)26(30)31/h7-10,14,20-21H,6,11-12H2,1-5H3,(H,28,29)(H,30,31)/t14-,20-,21-/m0/s1. The van der Waals surface area contributed by atoms with E-state index in [1.54, 1.807) is 0 Å². The fourth-order valence-corrected chi connectivity index (χ4v) is 5.36. The van der Waals surface area contributed by atoms with Crippen LogP contribution < -0.4 is 5.32 Å². The molecule has 32 heavy (non-hydrogen) atoms. The zero-order chi connectivity index (χ0) is 23.6. The van der Waals surface area contributed by atoms with Crippen LogP contribution in [0.15, 0.2) is 35.4 Å². The zero-order valence-corrected chi connectivity index (χ0v) is 20.1. The molecule has 1 aliphatic rings. The number of aryl methyl sites for hydroxylation is 1. The normalized spacial score (nSPS) is 19.4. The minimum atomic E-state index is -0.957. The predicted molar refractivity (Wildman–Crippen MR) is 129 cm³/mol. The van der Waals surface area contributed by atoms with E-state index in [-0.39, 0.29) is 5.91 Å². The van der Waals surface area contributed by atoms with Crippen LogP contribution in [0.4, 0.5) is 5.00 Å². The molecule has 0 radical (unpaired) electrons. The molecule has 168 valence electrons. The molecule has 1 amide bonds. The largest absolute Gasteiger partial charge is 0.481 e. The highest BCUT2D eigenvalue weighted by Gasteiger charge is 2.37. The Morgan fingerprint density at radius 1 is 1.16 bits per heavy atom. The summed E-state index contributed by atoms with van der Waals surface area (Å²) < 4.78 is 0. The number of hydrogen-bond donors (Lipinski definition) is 2. The summed E-state index contributed by atoms with van der Waals surface area (Å²) in [7, 11) is 0. The van der Waals surface area contributed by atoms with Gasteiger partial charge < -0.3 is 10.4 Å². The van der Waals surface area contributed by atoms with Crippen LogP contribution in [0.2, 0.25) is 0 Å². The Labute approximate surface area is 193 Å². The lowest BCUT2D eigenvalue weighted by molar-refractivity contribution is -0.146. The van der Waals surface area contributed by atoms with Crippen molar-refractivity contribution < 1.29 is 14.7 Å². The SMILES string of the molecule is CC[C@H](C)c1ccc(-c2c(C)sc(NC(=O)[C@H]3CC(C)=C(C)C[C@@H]3C(=O)O)c2C#N)cc1. The molecule has 3 atom stereocenters. The summed E-state index contributed by atoms with van der Waals surface area (Å²) in [5.74, 6) is -2.22. The molecule has 2 N–H and O–H groups in total. The van der Waals surface area contributed by atoms with Crippen LogP contribution in [0.3, 0.4) is 0 Å². The molecule has 0 spiro atoms. The van der Waals surface area contributed by atoms with Gasteiger partial charge in [0.25, 0.3) is 0 Å². The van der Waals surface area contributed by atoms with E-state index in [4.69, 9.17) is 0 Å². The number of aliphatic carboxylic acids is 1. The smallest absolute Gasteiger partial charge is 0.307 e. The van der Waals surface area contributed by atoms with Crippen molar-refractivity contribution in [1.82, 2.24) is 0 Å². The molecule has 0 aliphatic heterocycles. The van der Waals surface area contributed by atoms with Crippen molar-refractivity contribution in [2.24, 2.45) is 11.8 Å². The monoisotopic (exact) mass is 450 g/mol. The van der Waals surface area contributed by atoms with Crippen LogP contribution >= 0.6 is 11.3 Å². The lowest BCUT2D eigenvalue weighted by Crippen LogP contribution is -2.36. The number of nitriles is 1. The average molecular weight is 451 g/mol. The maximum atomic E-state index is 13.1. The van der Waals surface area contributed by atoms with Gasteiger partial charge in [-0.25, -0.2) is 0 Å². The third kappa shape index (κ3) is 4.63. The van der Waals surface area contributed by atoms with E-state index in [9.17, 15) is 20.0 Å². The van der Waals surface area contributed by atoms with Crippen LogP contribution in [0.5, 0.6) is 0 Å². The van der Waals surface area contributed by atoms with Crippen LogP contribution in [-0.4, -0.2) is 17.0 Å². The first kappa shape index (κ1) is 23.7. The Morgan fingerprint density at radius 2 is 1.75 bits per heavy atom. The van der Waals surface area contributed by atoms with Crippen molar-refractivity contribution >= 4 is 28.2 Å². The van der Waals surface area contributed by atoms with Gasteiger partial charge in [-0.05, 0) is 57.1 Å². The Morgan fingerprint density at radius 3 is 2.28 bits per heavy atom. The summed E-state index contributed by atoms with van der Waals surface area (Å²) in [4.78, 5) is 25.8. The summed E-state index contributed by atoms with van der Waals surface area (Å²) in [5, 5.41) is 22.9. The highest BCUT2D eigenvalue weighted by atomic mass is 32.1. The first-order valence-corrected chi connectivity index (χ1v) is 11.8. The van der Waals surface area contributed by atoms with Gasteiger partial charge in [0, 0.05) is 10.4 Å². The van der Waals surface area contributed by atoms with Gasteiger partial charge in [-0.15, -0.1) is 11.3 Å². The quantitative estimate of drug-likeness (QED) is 0.492. The lowest BCUT2D eigenvalue weighted by Gasteiger charge is -2.29. The predicted octanol–water partition coefficient (Wildman–Crippen LogP) is 6.49. The number of anilines is 1. The average Bonchev–Trinajstić information content (AvgIpc) is 3.09. The second-order valence-corrected chi connectivity index (χ2v) is 10.0. The summed E-state index contributed by atoms with van der Waals surface area (Å²) in [6.45, 7) is 10.2. The molecule has 2 aromatic rings. The van der Waals surface area contributed by atoms with E-state index >= 15 is 0 Å². The second-order valence-electron chi connectivity index (χ2n) is 8.79. The van der Waals surface area contributed by atoms with E-state index in [2.05, 4.69) is 37.4 Å². The molecule has 0 saturated heterocycles. The van der Waals surface area contributed by atoms with Gasteiger partial charge in [0.2, 0.25) is 5.91 Å². The van der Waals surface area contributed by atoms with Crippen molar-refractivity contribution in [2.75, 3.05) is 5.32 Å². The van der Waals surface area contributed by atoms with Crippen LogP contribution in [0, 0.1) is 30.1 Å². The number of carboxylic acid groups (broad SMARTS) is 1. The molecular weight excluding hydrogens is 420 g/mol. The first-order chi connectivity index (χ1) is 15.2. The molecule has 1 aliphatic carbocycles. The van der Waals surface area contributed by atoms with Crippen LogP contribution in [-0.2, 0) is 9.59 Å². The van der Waals surface area contributed by atoms with E-state index in [1.807, 2.05) is 32.9 Å². The number of carbonyl (C=O) groups excluding carboxylic acids is 1. The number of benzene rings is 1. The molecular formula is C26H30N2O3S. The molecule has 1 aromatic heterocycles. The summed E-state index contributed by atoms with van der Waals surface area (Å²) >= 11 is 1.36. The molecule has 1 aromatic carbocycles. The molecule has 0 fully saturated rings. The molecule has 5 nitrogen and oxygen atoms in total. The number of nitrogens with zero attached hydrogens (tertiary/aromatic N) is 1. The maximum Gasteiger partial charge on any atom is 0.307 e. The number of carboxylic acids is 1. The van der Waals surface area contributed by atoms with E-state index in [1.165, 1.54) is 16.9 Å². The van der Waals surface area contributed by atoms with Crippen molar-refractivity contribution in [3.8, 4) is 17.2 Å². The Hall–Kier alpha value is -2.91. The Kier molecular flexibility index (Phi) is 7.20. The van der Waals surface area contributed by atoms with Gasteiger partial charge in [0.05, 0.1) is 17.4 Å². The van der Waals surface area contributed by atoms with E-state index < -0.39 is 17.8 Å². The van der Waals surface area contributed by atoms with Gasteiger partial charge in [-0.2, -0.15) is 5.26 Å². The Balaban J connectivity index is 1.91. The lowest BCUT2D eigenvalue weighted by atomic mass is 9.76. The van der Waals surface area contributed by atoms with Gasteiger partial charge in [0.15, 0.2) is 0 Å². The fraction of sp³-hybridized carbons (Fsp3) is 0.423. The minimum Gasteiger partial charge on any atom is -0.481 e. The van der Waals surface area contributed by atoms with Gasteiger partial charge in [0.1, 0.15) is 11.1 Å². The van der Waals surface area contributed by atoms with Gasteiger partial charge in [-0.1, -0.05) is 49.3 Å². The summed E-state index contributed by atoms with van der Waals surface area (Å²) in [6.07, 6.45) is 1.86. The minimum absolute atomic E-state index is 0.333. The van der Waals surface area contributed by atoms with Crippen molar-refractivity contribution in [3.05, 3.63) is 51.4 Å². The summed E-state index contributed by atoms with van der Waals surface area (Å²) in [5.41, 5.74) is 5.56. The van der Waals surface area contributed by atoms with Crippen LogP contribution in [0.25, 0.3) is 11.1 Å². The van der Waals surface area contributed by atoms with Crippen LogP contribution in [0.1, 0.15) is 68.9 Å². The van der Waals surface area contributed by atoms with Crippen molar-refractivity contribution in [1.29, 1.82) is 5.26 Å². The molecule has 0 saturated carbocycles. The number of nitrogens with one attached hydrogen (secondary N) is 1. The van der Waals surface area contributed by atoms with Crippen molar-refractivity contribution in [3.63, 3.8) is 0 Å². The number of thiophene rings is 1. The Bertz CT molecular complexity index is 1110. The zero-order valence-electron chi connectivity index (χ0n) is 19.3. The van der Waals surface area contributed by atoms with E-state index in [0.29, 0.717) is 29.3 Å². The highest BCUT2D eigenvalue weighted by Crippen LogP contribution is 2.41. The third-order valence-electron chi connectivity index (χ3n) is 6.73. The first-order valence-electron chi connectivity index (χ1n) is 11.0. The number of allylic oxidation sites excluding steroid dienone is 2.